The van der Waals surface area contributed by atoms with Crippen molar-refractivity contribution in [1.82, 2.24) is 10.6 Å². The van der Waals surface area contributed by atoms with Gasteiger partial charge in [0.15, 0.2) is 11.6 Å². The van der Waals surface area contributed by atoms with E-state index in [-0.39, 0.29) is 22.9 Å². The van der Waals surface area contributed by atoms with Crippen LogP contribution in [-0.4, -0.2) is 59.4 Å². The number of nitrogens with one attached hydrogen (secondary N) is 2. The topological polar surface area (TPSA) is 139 Å². The molecule has 0 aromatic heterocycles. The fraction of sp³-hybridized carbons (Fsp3) is 0.370. The van der Waals surface area contributed by atoms with Crippen LogP contribution >= 0.6 is 11.8 Å². The number of methoxy groups -OCH3 is 1. The Hall–Kier alpha value is -3.73. The van der Waals surface area contributed by atoms with Crippen molar-refractivity contribution in [2.45, 2.75) is 50.6 Å². The number of thioether (sulfide) groups is 1. The lowest BCUT2D eigenvalue weighted by atomic mass is 10.0. The third-order valence-electron chi connectivity index (χ3n) is 5.59. The van der Waals surface area contributed by atoms with Crippen molar-refractivity contribution in [3.05, 3.63) is 59.4 Å². The minimum atomic E-state index is -1.37. The fourth-order valence-corrected chi connectivity index (χ4v) is 4.44. The summed E-state index contributed by atoms with van der Waals surface area (Å²) in [5.41, 5.74) is 0.847. The number of carbonyl (C=O) groups is 5. The summed E-state index contributed by atoms with van der Waals surface area (Å²) in [6, 6.07) is 8.09. The summed E-state index contributed by atoms with van der Waals surface area (Å²) in [5, 5.41) is 14.3. The Morgan fingerprint density at radius 1 is 1.05 bits per heavy atom. The largest absolute Gasteiger partial charge is 0.496 e. The summed E-state index contributed by atoms with van der Waals surface area (Å²) in [7, 11) is 1.43. The van der Waals surface area contributed by atoms with Crippen molar-refractivity contribution in [2.75, 3.05) is 12.9 Å². The number of halogens is 1. The van der Waals surface area contributed by atoms with Crippen LogP contribution in [0.5, 0.6) is 5.75 Å². The smallest absolute Gasteiger partial charge is 0.305 e. The third-order valence-corrected chi connectivity index (χ3v) is 6.66. The van der Waals surface area contributed by atoms with E-state index in [2.05, 4.69) is 10.6 Å². The number of aliphatic carboxylic acids is 1. The van der Waals surface area contributed by atoms with Gasteiger partial charge in [0.2, 0.25) is 11.8 Å². The molecule has 2 atom stereocenters. The van der Waals surface area contributed by atoms with Gasteiger partial charge < -0.3 is 20.5 Å². The molecule has 2 rings (SSSR count). The number of hydrogen-bond acceptors (Lipinski definition) is 7. The lowest BCUT2D eigenvalue weighted by molar-refractivity contribution is -0.140. The first-order chi connectivity index (χ1) is 17.9. The zero-order valence-corrected chi connectivity index (χ0v) is 22.4. The van der Waals surface area contributed by atoms with Crippen LogP contribution in [0.4, 0.5) is 4.39 Å². The molecule has 2 unspecified atom stereocenters. The number of ether oxygens (including phenoxy) is 1. The zero-order chi connectivity index (χ0) is 28.4. The summed E-state index contributed by atoms with van der Waals surface area (Å²) >= 11 is 0.896. The quantitative estimate of drug-likeness (QED) is 0.243. The number of amides is 2. The van der Waals surface area contributed by atoms with Gasteiger partial charge in [-0.25, -0.2) is 4.39 Å². The van der Waals surface area contributed by atoms with E-state index in [1.807, 2.05) is 0 Å². The highest BCUT2D eigenvalue weighted by Gasteiger charge is 2.30. The molecule has 0 saturated heterocycles. The highest BCUT2D eigenvalue weighted by atomic mass is 32.2. The van der Waals surface area contributed by atoms with Gasteiger partial charge in [0, 0.05) is 16.0 Å². The van der Waals surface area contributed by atoms with Gasteiger partial charge in [0.05, 0.1) is 31.7 Å². The highest BCUT2D eigenvalue weighted by Crippen LogP contribution is 2.22. The molecule has 0 bridgehead atoms. The molecule has 0 saturated carbocycles. The van der Waals surface area contributed by atoms with Crippen LogP contribution in [0, 0.1) is 11.7 Å². The number of carbonyl (C=O) groups excluding carboxylic acids is 4. The van der Waals surface area contributed by atoms with Gasteiger partial charge in [-0.05, 0) is 43.2 Å². The third kappa shape index (κ3) is 8.98. The molecule has 2 aromatic rings. The van der Waals surface area contributed by atoms with Crippen molar-refractivity contribution in [3.63, 3.8) is 0 Å². The van der Waals surface area contributed by atoms with Gasteiger partial charge >= 0.3 is 5.97 Å². The minimum absolute atomic E-state index is 0.183. The molecule has 0 aliphatic heterocycles. The maximum absolute atomic E-state index is 13.9. The number of carboxylic acids is 1. The van der Waals surface area contributed by atoms with Crippen molar-refractivity contribution in [3.8, 4) is 5.75 Å². The van der Waals surface area contributed by atoms with Crippen LogP contribution in [0.15, 0.2) is 47.4 Å². The van der Waals surface area contributed by atoms with E-state index in [1.54, 1.807) is 38.1 Å². The molecule has 2 amide bonds. The molecule has 38 heavy (non-hydrogen) atoms. The summed E-state index contributed by atoms with van der Waals surface area (Å²) < 4.78 is 19.2. The van der Waals surface area contributed by atoms with Gasteiger partial charge in [-0.3, -0.25) is 24.0 Å². The molecule has 3 N–H and O–H groups in total. The van der Waals surface area contributed by atoms with E-state index in [4.69, 9.17) is 4.74 Å². The zero-order valence-electron chi connectivity index (χ0n) is 21.6. The van der Waals surface area contributed by atoms with E-state index >= 15 is 0 Å². The van der Waals surface area contributed by atoms with E-state index in [1.165, 1.54) is 32.2 Å². The average Bonchev–Trinajstić information content (AvgIpc) is 2.85. The van der Waals surface area contributed by atoms with E-state index in [0.29, 0.717) is 16.9 Å². The summed E-state index contributed by atoms with van der Waals surface area (Å²) in [6.07, 6.45) is -0.853. The average molecular weight is 547 g/mol. The molecule has 204 valence electrons. The van der Waals surface area contributed by atoms with Gasteiger partial charge in [0.25, 0.3) is 0 Å². The molecule has 0 fully saturated rings. The lowest BCUT2D eigenvalue weighted by Crippen LogP contribution is -2.54. The summed E-state index contributed by atoms with van der Waals surface area (Å²) in [6.45, 7) is 4.77. The van der Waals surface area contributed by atoms with Gasteiger partial charge in [0.1, 0.15) is 17.6 Å². The Kier molecular flexibility index (Phi) is 11.5. The first-order valence-electron chi connectivity index (χ1n) is 11.8. The van der Waals surface area contributed by atoms with Crippen molar-refractivity contribution < 1.29 is 38.2 Å². The molecule has 0 heterocycles. The number of rotatable bonds is 14. The molecule has 0 spiro atoms. The molecule has 9 nitrogen and oxygen atoms in total. The van der Waals surface area contributed by atoms with Crippen LogP contribution < -0.4 is 15.4 Å². The lowest BCUT2D eigenvalue weighted by Gasteiger charge is -2.25. The SMILES string of the molecule is COc1ccc(C(C)=O)cc1CC(=O)NC(C(=O)NC(CC(=O)O)C(=O)CSc1ccccc1F)C(C)C. The van der Waals surface area contributed by atoms with Crippen LogP contribution in [0.1, 0.15) is 43.1 Å². The predicted molar refractivity (Wildman–Crippen MR) is 140 cm³/mol. The van der Waals surface area contributed by atoms with Crippen LogP contribution in [0.3, 0.4) is 0 Å². The second-order valence-electron chi connectivity index (χ2n) is 8.89. The molecular weight excluding hydrogens is 515 g/mol. The Labute approximate surface area is 224 Å². The molecule has 0 aliphatic carbocycles. The normalized spacial score (nSPS) is 12.4. The van der Waals surface area contributed by atoms with Crippen LogP contribution in [0.2, 0.25) is 0 Å². The van der Waals surface area contributed by atoms with Gasteiger partial charge in [-0.1, -0.05) is 26.0 Å². The number of Topliss-reactive ketones (excluding diaryl/α,β-unsaturated/α-hetero) is 2. The fourth-order valence-electron chi connectivity index (χ4n) is 3.56. The maximum atomic E-state index is 13.9. The molecule has 0 radical (unpaired) electrons. The van der Waals surface area contributed by atoms with Crippen molar-refractivity contribution in [1.29, 1.82) is 0 Å². The van der Waals surface area contributed by atoms with Crippen LogP contribution in [-0.2, 0) is 25.6 Å². The van der Waals surface area contributed by atoms with Crippen molar-refractivity contribution in [2.24, 2.45) is 5.92 Å². The van der Waals surface area contributed by atoms with Gasteiger partial charge in [-0.15, -0.1) is 11.8 Å². The molecule has 11 heteroatoms. The van der Waals surface area contributed by atoms with Crippen molar-refractivity contribution >= 4 is 41.1 Å². The summed E-state index contributed by atoms with van der Waals surface area (Å²) in [4.78, 5) is 62.0. The predicted octanol–water partition coefficient (Wildman–Crippen LogP) is 3.04. The second kappa shape index (κ2) is 14.3. The number of benzene rings is 2. The van der Waals surface area contributed by atoms with Crippen LogP contribution in [0.25, 0.3) is 0 Å². The van der Waals surface area contributed by atoms with Gasteiger partial charge in [-0.2, -0.15) is 0 Å². The Balaban J connectivity index is 2.12. The summed E-state index contributed by atoms with van der Waals surface area (Å²) in [5.74, 6) is -4.14. The Morgan fingerprint density at radius 3 is 2.32 bits per heavy atom. The number of hydrogen-bond donors (Lipinski definition) is 3. The van der Waals surface area contributed by atoms with E-state index in [0.717, 1.165) is 11.8 Å². The second-order valence-corrected chi connectivity index (χ2v) is 9.91. The molecule has 0 aliphatic rings. The first kappa shape index (κ1) is 30.5. The number of carboxylic acid groups (broad SMARTS) is 1. The molecule has 2 aromatic carbocycles. The maximum Gasteiger partial charge on any atom is 0.305 e. The van der Waals surface area contributed by atoms with E-state index in [9.17, 15) is 33.5 Å². The number of ketones is 2. The standard InChI is InChI=1S/C27H31FN2O7S/c1-15(2)26(30-24(33)12-18-11-17(16(3)31)9-10-22(18)37-4)27(36)29-20(13-25(34)35)21(32)14-38-23-8-6-5-7-19(23)28/h5-11,15,20,26H,12-14H2,1-4H3,(H,29,36)(H,30,33)(H,34,35). The Bertz CT molecular complexity index is 1200. The first-order valence-corrected chi connectivity index (χ1v) is 12.8. The Morgan fingerprint density at radius 2 is 1.74 bits per heavy atom. The minimum Gasteiger partial charge on any atom is -0.496 e. The monoisotopic (exact) mass is 546 g/mol. The van der Waals surface area contributed by atoms with E-state index < -0.39 is 53.8 Å². The molecular formula is C27H31FN2O7S. The highest BCUT2D eigenvalue weighted by molar-refractivity contribution is 8.00.